The molecule has 19 heavy (non-hydrogen) atoms. The van der Waals surface area contributed by atoms with Gasteiger partial charge in [0.1, 0.15) is 0 Å². The lowest BCUT2D eigenvalue weighted by Gasteiger charge is -2.38. The molecule has 2 N–H and O–H groups in total. The topological polar surface area (TPSA) is 35.5 Å². The molecular formula is C14H26F2N2O. The third-order valence-corrected chi connectivity index (χ3v) is 4.36. The Labute approximate surface area is 114 Å². The third-order valence-electron chi connectivity index (χ3n) is 4.36. The average molecular weight is 276 g/mol. The Bertz CT molecular complexity index is 274. The zero-order chi connectivity index (χ0) is 13.8. The highest BCUT2D eigenvalue weighted by molar-refractivity contribution is 4.88. The van der Waals surface area contributed by atoms with E-state index in [-0.39, 0.29) is 18.7 Å². The maximum atomic E-state index is 12.3. The molecule has 0 aromatic carbocycles. The molecule has 1 saturated heterocycles. The molecule has 3 atom stereocenters. The van der Waals surface area contributed by atoms with E-state index in [2.05, 4.69) is 17.1 Å². The number of likely N-dealkylation sites (tertiary alicyclic amines) is 1. The van der Waals surface area contributed by atoms with Crippen molar-refractivity contribution in [1.82, 2.24) is 10.2 Å². The molecule has 2 aliphatic rings. The molecule has 112 valence electrons. The number of halogens is 2. The van der Waals surface area contributed by atoms with Crippen LogP contribution in [-0.2, 0) is 0 Å². The van der Waals surface area contributed by atoms with Crippen molar-refractivity contribution in [2.45, 2.75) is 51.2 Å². The van der Waals surface area contributed by atoms with E-state index in [1.807, 2.05) is 0 Å². The van der Waals surface area contributed by atoms with Gasteiger partial charge in [0.05, 0.1) is 12.6 Å². The van der Waals surface area contributed by atoms with Crippen molar-refractivity contribution in [3.63, 3.8) is 0 Å². The Morgan fingerprint density at radius 3 is 2.63 bits per heavy atom. The Balaban J connectivity index is 1.80. The van der Waals surface area contributed by atoms with Crippen LogP contribution in [0, 0.1) is 11.8 Å². The number of alkyl halides is 2. The summed E-state index contributed by atoms with van der Waals surface area (Å²) < 4.78 is 24.5. The smallest absolute Gasteiger partial charge is 0.250 e. The van der Waals surface area contributed by atoms with Crippen molar-refractivity contribution in [2.24, 2.45) is 11.8 Å². The summed E-state index contributed by atoms with van der Waals surface area (Å²) in [5, 5.41) is 13.0. The first kappa shape index (κ1) is 15.1. The van der Waals surface area contributed by atoms with Crippen LogP contribution >= 0.6 is 0 Å². The zero-order valence-electron chi connectivity index (χ0n) is 11.7. The highest BCUT2D eigenvalue weighted by Crippen LogP contribution is 2.36. The summed E-state index contributed by atoms with van der Waals surface area (Å²) in [6.07, 6.45) is 1.57. The molecule has 1 saturated carbocycles. The molecule has 0 radical (unpaired) electrons. The first-order valence-electron chi connectivity index (χ1n) is 7.50. The van der Waals surface area contributed by atoms with Crippen LogP contribution < -0.4 is 5.32 Å². The van der Waals surface area contributed by atoms with Gasteiger partial charge < -0.3 is 15.3 Å². The molecule has 1 heterocycles. The number of hydrogen-bond donors (Lipinski definition) is 2. The van der Waals surface area contributed by atoms with Crippen LogP contribution in [0.25, 0.3) is 0 Å². The average Bonchev–Trinajstić information content (AvgIpc) is 3.20. The molecule has 2 rings (SSSR count). The van der Waals surface area contributed by atoms with Gasteiger partial charge in [0.25, 0.3) is 6.43 Å². The minimum Gasteiger partial charge on any atom is -0.393 e. The van der Waals surface area contributed by atoms with Gasteiger partial charge >= 0.3 is 0 Å². The van der Waals surface area contributed by atoms with Crippen molar-refractivity contribution in [2.75, 3.05) is 26.2 Å². The van der Waals surface area contributed by atoms with Crippen molar-refractivity contribution in [1.29, 1.82) is 0 Å². The molecule has 2 fully saturated rings. The number of likely N-dealkylation sites (N-methyl/N-ethyl adjacent to an activating group) is 1. The number of rotatable bonds is 7. The van der Waals surface area contributed by atoms with Crippen LogP contribution in [0.5, 0.6) is 0 Å². The lowest BCUT2D eigenvalue weighted by Crippen LogP contribution is -2.50. The van der Waals surface area contributed by atoms with E-state index in [0.29, 0.717) is 11.8 Å². The largest absolute Gasteiger partial charge is 0.393 e. The van der Waals surface area contributed by atoms with Crippen LogP contribution in [0.15, 0.2) is 0 Å². The lowest BCUT2D eigenvalue weighted by molar-refractivity contribution is 0.0704. The van der Waals surface area contributed by atoms with Crippen LogP contribution in [0.1, 0.15) is 32.6 Å². The van der Waals surface area contributed by atoms with Crippen LogP contribution in [0.3, 0.4) is 0 Å². The molecular weight excluding hydrogens is 250 g/mol. The van der Waals surface area contributed by atoms with E-state index < -0.39 is 6.43 Å². The minimum atomic E-state index is -2.28. The second-order valence-electron chi connectivity index (χ2n) is 6.09. The van der Waals surface area contributed by atoms with Crippen molar-refractivity contribution in [3.8, 4) is 0 Å². The second kappa shape index (κ2) is 6.95. The van der Waals surface area contributed by atoms with Gasteiger partial charge in [-0.15, -0.1) is 0 Å². The quantitative estimate of drug-likeness (QED) is 0.743. The van der Waals surface area contributed by atoms with Crippen LogP contribution in [0.2, 0.25) is 0 Å². The van der Waals surface area contributed by atoms with Gasteiger partial charge in [0.2, 0.25) is 0 Å². The Hall–Kier alpha value is -0.260. The maximum Gasteiger partial charge on any atom is 0.250 e. The van der Waals surface area contributed by atoms with E-state index in [0.717, 1.165) is 45.3 Å². The number of nitrogens with zero attached hydrogens (tertiary/aromatic N) is 1. The Morgan fingerprint density at radius 1 is 1.32 bits per heavy atom. The summed E-state index contributed by atoms with van der Waals surface area (Å²) in [5.74, 6) is 0.934. The molecule has 0 aromatic rings. The molecule has 0 aromatic heterocycles. The van der Waals surface area contributed by atoms with Gasteiger partial charge in [-0.2, -0.15) is 0 Å². The SMILES string of the molecule is CCN1CC(CC(O)C2CC2)CC(NCC(F)F)C1. The van der Waals surface area contributed by atoms with E-state index in [9.17, 15) is 13.9 Å². The number of nitrogens with one attached hydrogen (secondary N) is 1. The van der Waals surface area contributed by atoms with Crippen molar-refractivity contribution < 1.29 is 13.9 Å². The minimum absolute atomic E-state index is 0.138. The molecule has 1 aliphatic heterocycles. The number of hydrogen-bond acceptors (Lipinski definition) is 3. The molecule has 1 aliphatic carbocycles. The standard InChI is InChI=1S/C14H26F2N2O/c1-2-18-8-10(6-13(19)11-3-4-11)5-12(9-18)17-7-14(15)16/h10-14,17,19H,2-9H2,1H3. The van der Waals surface area contributed by atoms with Gasteiger partial charge in [-0.3, -0.25) is 0 Å². The van der Waals surface area contributed by atoms with Gasteiger partial charge in [0.15, 0.2) is 0 Å². The maximum absolute atomic E-state index is 12.3. The normalized spacial score (nSPS) is 30.8. The van der Waals surface area contributed by atoms with Crippen molar-refractivity contribution >= 4 is 0 Å². The predicted octanol–water partition coefficient (Wildman–Crippen LogP) is 1.71. The van der Waals surface area contributed by atoms with E-state index in [4.69, 9.17) is 0 Å². The molecule has 0 spiro atoms. The molecule has 3 nitrogen and oxygen atoms in total. The van der Waals surface area contributed by atoms with E-state index in [1.165, 1.54) is 0 Å². The molecule has 0 amide bonds. The molecule has 3 unspecified atom stereocenters. The van der Waals surface area contributed by atoms with Crippen LogP contribution in [-0.4, -0.2) is 54.8 Å². The van der Waals surface area contributed by atoms with Gasteiger partial charge in [-0.05, 0) is 44.1 Å². The fraction of sp³-hybridized carbons (Fsp3) is 1.00. The monoisotopic (exact) mass is 276 g/mol. The summed E-state index contributed by atoms with van der Waals surface area (Å²) in [6.45, 7) is 4.67. The fourth-order valence-electron chi connectivity index (χ4n) is 3.15. The highest BCUT2D eigenvalue weighted by atomic mass is 19.3. The van der Waals surface area contributed by atoms with Gasteiger partial charge in [0, 0.05) is 19.1 Å². The number of aliphatic hydroxyl groups is 1. The predicted molar refractivity (Wildman–Crippen MR) is 71.4 cm³/mol. The van der Waals surface area contributed by atoms with Crippen molar-refractivity contribution in [3.05, 3.63) is 0 Å². The summed E-state index contributed by atoms with van der Waals surface area (Å²) in [7, 11) is 0. The van der Waals surface area contributed by atoms with E-state index in [1.54, 1.807) is 0 Å². The fourth-order valence-corrected chi connectivity index (χ4v) is 3.15. The summed E-state index contributed by atoms with van der Waals surface area (Å²) in [4.78, 5) is 2.30. The molecule has 5 heteroatoms. The van der Waals surface area contributed by atoms with Gasteiger partial charge in [-0.25, -0.2) is 8.78 Å². The molecule has 0 bridgehead atoms. The lowest BCUT2D eigenvalue weighted by atomic mass is 9.88. The number of aliphatic hydroxyl groups excluding tert-OH is 1. The summed E-state index contributed by atoms with van der Waals surface area (Å²) in [5.41, 5.74) is 0. The Kier molecular flexibility index (Phi) is 5.54. The summed E-state index contributed by atoms with van der Waals surface area (Å²) >= 11 is 0. The zero-order valence-corrected chi connectivity index (χ0v) is 11.7. The van der Waals surface area contributed by atoms with Gasteiger partial charge in [-0.1, -0.05) is 6.92 Å². The third kappa shape index (κ3) is 4.97. The number of piperidine rings is 1. The highest BCUT2D eigenvalue weighted by Gasteiger charge is 2.34. The van der Waals surface area contributed by atoms with Crippen LogP contribution in [0.4, 0.5) is 8.78 Å². The Morgan fingerprint density at radius 2 is 2.05 bits per heavy atom. The first-order chi connectivity index (χ1) is 9.08. The van der Waals surface area contributed by atoms with E-state index >= 15 is 0 Å². The summed E-state index contributed by atoms with van der Waals surface area (Å²) in [6, 6.07) is 0.138. The first-order valence-corrected chi connectivity index (χ1v) is 7.50. The second-order valence-corrected chi connectivity index (χ2v) is 6.09.